The topological polar surface area (TPSA) is 80.8 Å². The number of hydrogen-bond donors (Lipinski definition) is 3. The van der Waals surface area contributed by atoms with Gasteiger partial charge in [0.05, 0.1) is 5.69 Å². The maximum Gasteiger partial charge on any atom is 0.142 e. The number of rotatable bonds is 4. The number of nitrogens with one attached hydrogen (secondary N) is 2. The highest BCUT2D eigenvalue weighted by molar-refractivity contribution is 5.45. The van der Waals surface area contributed by atoms with Crippen molar-refractivity contribution in [3.8, 4) is 0 Å². The van der Waals surface area contributed by atoms with E-state index in [2.05, 4.69) is 27.7 Å². The van der Waals surface area contributed by atoms with Crippen molar-refractivity contribution in [3.63, 3.8) is 0 Å². The SMILES string of the molecule is Cc1nn(C)c(C)c1CNc1cccc(NN)n1. The zero-order chi connectivity index (χ0) is 13.1. The van der Waals surface area contributed by atoms with Gasteiger partial charge in [-0.1, -0.05) is 6.07 Å². The molecule has 0 amide bonds. The van der Waals surface area contributed by atoms with Crippen molar-refractivity contribution in [2.75, 3.05) is 10.7 Å². The van der Waals surface area contributed by atoms with Crippen molar-refractivity contribution in [1.29, 1.82) is 0 Å². The van der Waals surface area contributed by atoms with Gasteiger partial charge in [-0.3, -0.25) is 4.68 Å². The fourth-order valence-corrected chi connectivity index (χ4v) is 1.87. The number of hydrogen-bond acceptors (Lipinski definition) is 5. The van der Waals surface area contributed by atoms with E-state index >= 15 is 0 Å². The van der Waals surface area contributed by atoms with Crippen molar-refractivity contribution in [3.05, 3.63) is 35.2 Å². The van der Waals surface area contributed by atoms with E-state index in [-0.39, 0.29) is 0 Å². The van der Waals surface area contributed by atoms with Crippen LogP contribution in [0.25, 0.3) is 0 Å². The van der Waals surface area contributed by atoms with Crippen molar-refractivity contribution in [1.82, 2.24) is 14.8 Å². The fraction of sp³-hybridized carbons (Fsp3) is 0.333. The molecule has 6 heteroatoms. The zero-order valence-electron chi connectivity index (χ0n) is 10.9. The Morgan fingerprint density at radius 2 is 2.00 bits per heavy atom. The molecule has 2 aromatic heterocycles. The Morgan fingerprint density at radius 3 is 2.61 bits per heavy atom. The number of hydrazine groups is 1. The minimum atomic E-state index is 0.639. The minimum Gasteiger partial charge on any atom is -0.366 e. The van der Waals surface area contributed by atoms with Gasteiger partial charge in [0.2, 0.25) is 0 Å². The third-order valence-electron chi connectivity index (χ3n) is 3.00. The molecule has 18 heavy (non-hydrogen) atoms. The van der Waals surface area contributed by atoms with E-state index < -0.39 is 0 Å². The molecular formula is C12H18N6. The standard InChI is InChI=1S/C12H18N6/c1-8-10(9(2)18(3)17-8)7-14-11-5-4-6-12(15-11)16-13/h4-6H,7,13H2,1-3H3,(H2,14,15,16). The molecule has 0 saturated heterocycles. The van der Waals surface area contributed by atoms with Crippen molar-refractivity contribution in [2.45, 2.75) is 20.4 Å². The Kier molecular flexibility index (Phi) is 3.47. The number of anilines is 2. The first-order valence-corrected chi connectivity index (χ1v) is 5.78. The summed E-state index contributed by atoms with van der Waals surface area (Å²) in [4.78, 5) is 4.30. The van der Waals surface area contributed by atoms with Crippen LogP contribution in [0.5, 0.6) is 0 Å². The van der Waals surface area contributed by atoms with Gasteiger partial charge in [0, 0.05) is 24.8 Å². The minimum absolute atomic E-state index is 0.639. The van der Waals surface area contributed by atoms with Crippen LogP contribution in [0.4, 0.5) is 11.6 Å². The molecule has 96 valence electrons. The third-order valence-corrected chi connectivity index (χ3v) is 3.00. The Morgan fingerprint density at radius 1 is 1.28 bits per heavy atom. The molecule has 0 aliphatic rings. The first-order valence-electron chi connectivity index (χ1n) is 5.78. The molecule has 0 aliphatic heterocycles. The molecular weight excluding hydrogens is 228 g/mol. The zero-order valence-corrected chi connectivity index (χ0v) is 10.9. The van der Waals surface area contributed by atoms with E-state index in [9.17, 15) is 0 Å². The van der Waals surface area contributed by atoms with Gasteiger partial charge in [0.1, 0.15) is 11.6 Å². The maximum atomic E-state index is 5.32. The molecule has 0 unspecified atom stereocenters. The van der Waals surface area contributed by atoms with Gasteiger partial charge in [-0.05, 0) is 26.0 Å². The van der Waals surface area contributed by atoms with Crippen LogP contribution >= 0.6 is 0 Å². The van der Waals surface area contributed by atoms with Crippen LogP contribution in [0.3, 0.4) is 0 Å². The van der Waals surface area contributed by atoms with E-state index in [1.807, 2.05) is 36.9 Å². The second kappa shape index (κ2) is 5.05. The van der Waals surface area contributed by atoms with Crippen LogP contribution in [-0.4, -0.2) is 14.8 Å². The molecule has 0 spiro atoms. The summed E-state index contributed by atoms with van der Waals surface area (Å²) in [7, 11) is 1.95. The van der Waals surface area contributed by atoms with Crippen LogP contribution in [0.15, 0.2) is 18.2 Å². The number of nitrogens with zero attached hydrogens (tertiary/aromatic N) is 3. The fourth-order valence-electron chi connectivity index (χ4n) is 1.87. The predicted molar refractivity (Wildman–Crippen MR) is 72.1 cm³/mol. The molecule has 2 rings (SSSR count). The van der Waals surface area contributed by atoms with Crippen molar-refractivity contribution < 1.29 is 0 Å². The highest BCUT2D eigenvalue weighted by Gasteiger charge is 2.08. The molecule has 0 fully saturated rings. The first-order chi connectivity index (χ1) is 8.61. The molecule has 0 bridgehead atoms. The molecule has 4 N–H and O–H groups in total. The summed E-state index contributed by atoms with van der Waals surface area (Å²) in [6, 6.07) is 5.61. The Labute approximate surface area is 106 Å². The maximum absolute atomic E-state index is 5.32. The monoisotopic (exact) mass is 246 g/mol. The van der Waals surface area contributed by atoms with Crippen LogP contribution in [0, 0.1) is 13.8 Å². The van der Waals surface area contributed by atoms with E-state index in [1.165, 1.54) is 5.56 Å². The predicted octanol–water partition coefficient (Wildman–Crippen LogP) is 1.33. The number of nitrogens with two attached hydrogens (primary N) is 1. The van der Waals surface area contributed by atoms with Gasteiger partial charge in [-0.15, -0.1) is 0 Å². The molecule has 0 saturated carbocycles. The second-order valence-electron chi connectivity index (χ2n) is 4.18. The van der Waals surface area contributed by atoms with E-state index in [1.54, 1.807) is 0 Å². The van der Waals surface area contributed by atoms with Crippen molar-refractivity contribution in [2.24, 2.45) is 12.9 Å². The summed E-state index contributed by atoms with van der Waals surface area (Å²) < 4.78 is 1.89. The van der Waals surface area contributed by atoms with Gasteiger partial charge in [-0.2, -0.15) is 5.10 Å². The van der Waals surface area contributed by atoms with Crippen molar-refractivity contribution >= 4 is 11.6 Å². The lowest BCUT2D eigenvalue weighted by Crippen LogP contribution is -2.10. The van der Waals surface area contributed by atoms with Crippen LogP contribution in [-0.2, 0) is 13.6 Å². The lowest BCUT2D eigenvalue weighted by atomic mass is 10.2. The lowest BCUT2D eigenvalue weighted by molar-refractivity contribution is 0.730. The lowest BCUT2D eigenvalue weighted by Gasteiger charge is -2.07. The first kappa shape index (κ1) is 12.4. The average Bonchev–Trinajstić information content (AvgIpc) is 2.61. The summed E-state index contributed by atoms with van der Waals surface area (Å²) in [6.45, 7) is 4.77. The summed E-state index contributed by atoms with van der Waals surface area (Å²) in [5.41, 5.74) is 5.92. The number of aryl methyl sites for hydroxylation is 2. The second-order valence-corrected chi connectivity index (χ2v) is 4.18. The Bertz CT molecular complexity index is 545. The van der Waals surface area contributed by atoms with E-state index in [0.29, 0.717) is 12.4 Å². The molecule has 6 nitrogen and oxygen atoms in total. The molecule has 0 aromatic carbocycles. The smallest absolute Gasteiger partial charge is 0.142 e. The molecule has 0 atom stereocenters. The average molecular weight is 246 g/mol. The summed E-state index contributed by atoms with van der Waals surface area (Å²) in [6.07, 6.45) is 0. The highest BCUT2D eigenvalue weighted by Crippen LogP contribution is 2.14. The normalized spacial score (nSPS) is 10.4. The summed E-state index contributed by atoms with van der Waals surface area (Å²) >= 11 is 0. The molecule has 2 heterocycles. The van der Waals surface area contributed by atoms with Gasteiger partial charge < -0.3 is 10.7 Å². The Hall–Kier alpha value is -2.08. The molecule has 0 radical (unpaired) electrons. The number of pyridine rings is 1. The van der Waals surface area contributed by atoms with Crippen LogP contribution < -0.4 is 16.6 Å². The van der Waals surface area contributed by atoms with Crippen LogP contribution in [0.1, 0.15) is 17.0 Å². The van der Waals surface area contributed by atoms with Gasteiger partial charge >= 0.3 is 0 Å². The molecule has 0 aliphatic carbocycles. The highest BCUT2D eigenvalue weighted by atomic mass is 15.3. The summed E-state index contributed by atoms with van der Waals surface area (Å²) in [5.74, 6) is 6.75. The number of aromatic nitrogens is 3. The van der Waals surface area contributed by atoms with Gasteiger partial charge in [0.25, 0.3) is 0 Å². The number of nitrogen functional groups attached to an aromatic ring is 1. The van der Waals surface area contributed by atoms with Gasteiger partial charge in [0.15, 0.2) is 0 Å². The largest absolute Gasteiger partial charge is 0.366 e. The van der Waals surface area contributed by atoms with E-state index in [4.69, 9.17) is 5.84 Å². The van der Waals surface area contributed by atoms with Gasteiger partial charge in [-0.25, -0.2) is 10.8 Å². The summed E-state index contributed by atoms with van der Waals surface area (Å²) in [5, 5.41) is 7.65. The Balaban J connectivity index is 2.11. The van der Waals surface area contributed by atoms with Crippen LogP contribution in [0.2, 0.25) is 0 Å². The third kappa shape index (κ3) is 2.43. The quantitative estimate of drug-likeness (QED) is 0.560. The molecule has 2 aromatic rings. The van der Waals surface area contributed by atoms with E-state index in [0.717, 1.165) is 17.2 Å².